The van der Waals surface area contributed by atoms with E-state index in [4.69, 9.17) is 17.3 Å². The molecule has 0 bridgehead atoms. The Morgan fingerprint density at radius 2 is 2.11 bits per heavy atom. The van der Waals surface area contributed by atoms with Crippen molar-refractivity contribution in [3.63, 3.8) is 0 Å². The summed E-state index contributed by atoms with van der Waals surface area (Å²) in [5.74, 6) is 1.26. The van der Waals surface area contributed by atoms with E-state index in [1.54, 1.807) is 6.07 Å². The predicted octanol–water partition coefficient (Wildman–Crippen LogP) is 2.85. The molecule has 2 aromatic rings. The molecule has 0 atom stereocenters. The van der Waals surface area contributed by atoms with E-state index in [2.05, 4.69) is 24.0 Å². The minimum absolute atomic E-state index is 0.0951. The van der Waals surface area contributed by atoms with Crippen LogP contribution in [0.15, 0.2) is 18.2 Å². The van der Waals surface area contributed by atoms with Gasteiger partial charge < -0.3 is 10.3 Å². The summed E-state index contributed by atoms with van der Waals surface area (Å²) in [6, 6.07) is 4.61. The second-order valence-electron chi connectivity index (χ2n) is 4.78. The summed E-state index contributed by atoms with van der Waals surface area (Å²) in [6.07, 6.45) is 0. The first-order chi connectivity index (χ1) is 9.02. The molecule has 0 spiro atoms. The Labute approximate surface area is 116 Å². The first-order valence-electron chi connectivity index (χ1n) is 6.10. The van der Waals surface area contributed by atoms with Crippen LogP contribution in [0.2, 0.25) is 5.02 Å². The van der Waals surface area contributed by atoms with Gasteiger partial charge in [0.2, 0.25) is 0 Å². The van der Waals surface area contributed by atoms with Crippen molar-refractivity contribution in [1.82, 2.24) is 14.8 Å². The van der Waals surface area contributed by atoms with E-state index in [0.717, 1.165) is 6.54 Å². The summed E-state index contributed by atoms with van der Waals surface area (Å²) in [5.41, 5.74) is 6.30. The Kier molecular flexibility index (Phi) is 4.17. The molecule has 0 amide bonds. The van der Waals surface area contributed by atoms with E-state index in [-0.39, 0.29) is 5.02 Å². The van der Waals surface area contributed by atoms with Gasteiger partial charge in [-0.3, -0.25) is 0 Å². The Hall–Kier alpha value is -1.46. The van der Waals surface area contributed by atoms with Gasteiger partial charge in [0.05, 0.1) is 11.6 Å². The van der Waals surface area contributed by atoms with Crippen molar-refractivity contribution in [3.8, 4) is 11.4 Å². The van der Waals surface area contributed by atoms with Crippen LogP contribution in [0, 0.1) is 11.7 Å². The van der Waals surface area contributed by atoms with Crippen LogP contribution in [0.1, 0.15) is 19.7 Å². The number of halogens is 2. The minimum atomic E-state index is -0.465. The highest BCUT2D eigenvalue weighted by atomic mass is 35.5. The zero-order valence-electron chi connectivity index (χ0n) is 10.9. The summed E-state index contributed by atoms with van der Waals surface area (Å²) < 4.78 is 15.5. The number of hydrogen-bond acceptors (Lipinski definition) is 3. The first-order valence-corrected chi connectivity index (χ1v) is 6.48. The third-order valence-electron chi connectivity index (χ3n) is 2.74. The molecule has 1 heterocycles. The maximum atomic E-state index is 13.5. The second kappa shape index (κ2) is 5.67. The average molecular weight is 283 g/mol. The molecule has 4 nitrogen and oxygen atoms in total. The smallest absolute Gasteiger partial charge is 0.164 e. The number of rotatable bonds is 4. The van der Waals surface area contributed by atoms with Gasteiger partial charge in [-0.15, -0.1) is 10.2 Å². The van der Waals surface area contributed by atoms with Gasteiger partial charge in [-0.1, -0.05) is 25.4 Å². The lowest BCUT2D eigenvalue weighted by molar-refractivity contribution is 0.510. The van der Waals surface area contributed by atoms with Crippen molar-refractivity contribution < 1.29 is 4.39 Å². The van der Waals surface area contributed by atoms with Crippen molar-refractivity contribution >= 4 is 11.6 Å². The van der Waals surface area contributed by atoms with Crippen LogP contribution < -0.4 is 5.73 Å². The lowest BCUT2D eigenvalue weighted by atomic mass is 10.2. The highest BCUT2D eigenvalue weighted by Gasteiger charge is 2.15. The van der Waals surface area contributed by atoms with Gasteiger partial charge in [0.1, 0.15) is 11.6 Å². The maximum Gasteiger partial charge on any atom is 0.164 e. The molecule has 0 aliphatic heterocycles. The van der Waals surface area contributed by atoms with Crippen LogP contribution in [-0.2, 0) is 13.1 Å². The summed E-state index contributed by atoms with van der Waals surface area (Å²) in [6.45, 7) is 5.22. The highest BCUT2D eigenvalue weighted by molar-refractivity contribution is 6.30. The molecular weight excluding hydrogens is 267 g/mol. The Morgan fingerprint density at radius 3 is 2.68 bits per heavy atom. The Balaban J connectivity index is 2.48. The van der Waals surface area contributed by atoms with Crippen molar-refractivity contribution in [2.75, 3.05) is 0 Å². The molecule has 2 rings (SSSR count). The van der Waals surface area contributed by atoms with Crippen molar-refractivity contribution in [1.29, 1.82) is 0 Å². The van der Waals surface area contributed by atoms with Gasteiger partial charge in [-0.2, -0.15) is 0 Å². The molecule has 0 radical (unpaired) electrons. The van der Waals surface area contributed by atoms with Crippen molar-refractivity contribution in [2.24, 2.45) is 11.7 Å². The zero-order chi connectivity index (χ0) is 14.0. The monoisotopic (exact) mass is 282 g/mol. The third-order valence-corrected chi connectivity index (χ3v) is 3.04. The highest BCUT2D eigenvalue weighted by Crippen LogP contribution is 2.24. The molecule has 2 N–H and O–H groups in total. The van der Waals surface area contributed by atoms with Crippen molar-refractivity contribution in [2.45, 2.75) is 26.9 Å². The molecule has 19 heavy (non-hydrogen) atoms. The fourth-order valence-corrected chi connectivity index (χ4v) is 2.01. The fourth-order valence-electron chi connectivity index (χ4n) is 1.89. The Bertz CT molecular complexity index is 580. The van der Waals surface area contributed by atoms with Gasteiger partial charge in [0.15, 0.2) is 5.82 Å². The second-order valence-corrected chi connectivity index (χ2v) is 5.18. The topological polar surface area (TPSA) is 56.7 Å². The molecule has 0 aliphatic carbocycles. The van der Waals surface area contributed by atoms with Crippen LogP contribution in [0.25, 0.3) is 11.4 Å². The molecule has 0 saturated heterocycles. The van der Waals surface area contributed by atoms with Gasteiger partial charge in [0.25, 0.3) is 0 Å². The van der Waals surface area contributed by atoms with Crippen LogP contribution in [0.3, 0.4) is 0 Å². The molecule has 1 aromatic heterocycles. The number of hydrogen-bond donors (Lipinski definition) is 1. The number of aromatic nitrogens is 3. The largest absolute Gasteiger partial charge is 0.324 e. The molecular formula is C13H16ClFN4. The molecule has 0 aliphatic rings. The van der Waals surface area contributed by atoms with Gasteiger partial charge in [-0.25, -0.2) is 4.39 Å². The minimum Gasteiger partial charge on any atom is -0.324 e. The average Bonchev–Trinajstić information content (AvgIpc) is 2.75. The summed E-state index contributed by atoms with van der Waals surface area (Å²) >= 11 is 5.69. The molecule has 6 heteroatoms. The summed E-state index contributed by atoms with van der Waals surface area (Å²) in [4.78, 5) is 0. The van der Waals surface area contributed by atoms with Crippen LogP contribution >= 0.6 is 11.6 Å². The van der Waals surface area contributed by atoms with Crippen LogP contribution in [0.5, 0.6) is 0 Å². The standard InChI is InChI=1S/C13H16ClFN4/c1-8(2)7-19-12(6-16)17-18-13(19)9-3-4-10(14)11(15)5-9/h3-5,8H,6-7,16H2,1-2H3. The Morgan fingerprint density at radius 1 is 1.37 bits per heavy atom. The maximum absolute atomic E-state index is 13.5. The molecule has 102 valence electrons. The molecule has 0 unspecified atom stereocenters. The van der Waals surface area contributed by atoms with Gasteiger partial charge in [-0.05, 0) is 24.1 Å². The van der Waals surface area contributed by atoms with E-state index in [1.807, 2.05) is 4.57 Å². The quantitative estimate of drug-likeness (QED) is 0.938. The third kappa shape index (κ3) is 2.93. The van der Waals surface area contributed by atoms with E-state index in [1.165, 1.54) is 12.1 Å². The summed E-state index contributed by atoms with van der Waals surface area (Å²) in [7, 11) is 0. The molecule has 1 aromatic carbocycles. The van der Waals surface area contributed by atoms with Crippen molar-refractivity contribution in [3.05, 3.63) is 34.9 Å². The van der Waals surface area contributed by atoms with E-state index in [9.17, 15) is 4.39 Å². The lowest BCUT2D eigenvalue weighted by Gasteiger charge is -2.12. The lowest BCUT2D eigenvalue weighted by Crippen LogP contribution is -2.13. The van der Waals surface area contributed by atoms with Gasteiger partial charge in [0, 0.05) is 12.1 Å². The van der Waals surface area contributed by atoms with E-state index >= 15 is 0 Å². The number of nitrogens with two attached hydrogens (primary N) is 1. The first kappa shape index (κ1) is 14.0. The molecule has 0 fully saturated rings. The normalized spacial score (nSPS) is 11.3. The van der Waals surface area contributed by atoms with Gasteiger partial charge >= 0.3 is 0 Å². The predicted molar refractivity (Wildman–Crippen MR) is 73.2 cm³/mol. The number of benzene rings is 1. The van der Waals surface area contributed by atoms with Crippen LogP contribution in [0.4, 0.5) is 4.39 Å². The van der Waals surface area contributed by atoms with E-state index < -0.39 is 5.82 Å². The number of nitrogens with zero attached hydrogens (tertiary/aromatic N) is 3. The summed E-state index contributed by atoms with van der Waals surface area (Å²) in [5, 5.41) is 8.25. The van der Waals surface area contributed by atoms with Crippen LogP contribution in [-0.4, -0.2) is 14.8 Å². The molecule has 0 saturated carbocycles. The zero-order valence-corrected chi connectivity index (χ0v) is 11.7. The van der Waals surface area contributed by atoms with E-state index in [0.29, 0.717) is 29.7 Å². The fraction of sp³-hybridized carbons (Fsp3) is 0.385. The SMILES string of the molecule is CC(C)Cn1c(CN)nnc1-c1ccc(Cl)c(F)c1.